The second-order valence-corrected chi connectivity index (χ2v) is 1.49. The van der Waals surface area contributed by atoms with Gasteiger partial charge in [0.15, 0.2) is 0 Å². The number of rotatable bonds is 0. The largest absolute Gasteiger partial charge is 0.576 e. The molecule has 0 radical (unpaired) electrons. The van der Waals surface area contributed by atoms with Crippen LogP contribution < -0.4 is 9.31 Å². The van der Waals surface area contributed by atoms with Crippen LogP contribution in [0, 0.1) is 0 Å². The van der Waals surface area contributed by atoms with Crippen LogP contribution in [0.3, 0.4) is 0 Å². The first-order valence-corrected chi connectivity index (χ1v) is 2.38. The van der Waals surface area contributed by atoms with E-state index in [1.54, 1.807) is 0 Å². The van der Waals surface area contributed by atoms with Crippen LogP contribution in [-0.4, -0.2) is 8.98 Å². The van der Waals surface area contributed by atoms with E-state index in [9.17, 15) is 0 Å². The van der Waals surface area contributed by atoms with Crippen LogP contribution in [0.15, 0.2) is 24.2 Å². The van der Waals surface area contributed by atoms with Crippen LogP contribution >= 0.6 is 0 Å². The summed E-state index contributed by atoms with van der Waals surface area (Å²) in [5.41, 5.74) is 0. The molecular weight excluding hydrogens is 115 g/mol. The summed E-state index contributed by atoms with van der Waals surface area (Å²) < 4.78 is 46.2. The summed E-state index contributed by atoms with van der Waals surface area (Å²) in [6.45, 7) is 0. The predicted octanol–water partition coefficient (Wildman–Crippen LogP) is 0.724. The molecule has 1 aliphatic rings. The highest BCUT2D eigenvalue weighted by Crippen LogP contribution is 2.29. The zero-order valence-electron chi connectivity index (χ0n) is 9.39. The van der Waals surface area contributed by atoms with Crippen molar-refractivity contribution < 1.29 is 14.8 Å². The van der Waals surface area contributed by atoms with Crippen molar-refractivity contribution in [1.29, 1.82) is 1.34 Å². The molecule has 0 N–H and O–H groups in total. The maximum absolute atomic E-state index is 7.42. The lowest BCUT2D eigenvalue weighted by atomic mass is 10.3. The third kappa shape index (κ3) is 0.651. The monoisotopic (exact) mass is 125 g/mol. The fourth-order valence-corrected chi connectivity index (χ4v) is 0.576. The summed E-state index contributed by atoms with van der Waals surface area (Å²) in [7, 11) is -1.31. The van der Waals surface area contributed by atoms with Gasteiger partial charge in [0.25, 0.3) is 0 Å². The molecule has 0 saturated carbocycles. The summed E-state index contributed by atoms with van der Waals surface area (Å²) in [5, 5.41) is 0. The topological polar surface area (TPSA) is 18.5 Å². The molecule has 1 aliphatic heterocycles. The van der Waals surface area contributed by atoms with Crippen molar-refractivity contribution in [2.75, 3.05) is 0 Å². The molecule has 0 saturated heterocycles. The van der Waals surface area contributed by atoms with Crippen molar-refractivity contribution >= 4 is 7.65 Å². The van der Waals surface area contributed by atoms with Gasteiger partial charge in [-0.05, 0) is 12.1 Å². The van der Waals surface area contributed by atoms with E-state index in [2.05, 4.69) is 0 Å². The molecule has 0 spiro atoms. The van der Waals surface area contributed by atoms with Crippen molar-refractivity contribution in [2.24, 2.45) is 0 Å². The number of para-hydroxylation sites is 2. The van der Waals surface area contributed by atoms with Crippen molar-refractivity contribution in [3.05, 3.63) is 24.2 Å². The van der Waals surface area contributed by atoms with Gasteiger partial charge in [0.05, 0.1) is 6.82 Å². The molecule has 0 aromatic heterocycles. The molecule has 0 unspecified atom stereocenters. The zero-order chi connectivity index (χ0) is 10.5. The van der Waals surface area contributed by atoms with E-state index in [-0.39, 0.29) is 35.7 Å². The van der Waals surface area contributed by atoms with Crippen LogP contribution in [0.4, 0.5) is 0 Å². The first-order chi connectivity index (χ1) is 6.52. The SMILES string of the molecule is [2H]B1Oc2c([2H])c([2H])c([2H])c([2H])c2O1. The predicted molar refractivity (Wildman–Crippen MR) is 34.8 cm³/mol. The number of benzene rings is 1. The summed E-state index contributed by atoms with van der Waals surface area (Å²) in [6, 6.07) is -1.38. The summed E-state index contributed by atoms with van der Waals surface area (Å²) in [5.74, 6) is -0.174. The molecule has 3 heteroatoms. The van der Waals surface area contributed by atoms with E-state index in [1.165, 1.54) is 0 Å². The molecule has 0 bridgehead atoms. The van der Waals surface area contributed by atoms with Crippen LogP contribution in [0.25, 0.3) is 0 Å². The fraction of sp³-hybridized carbons (Fsp3) is 0. The average Bonchev–Trinajstić information content (AvgIpc) is 2.54. The van der Waals surface area contributed by atoms with Gasteiger partial charge in [-0.15, -0.1) is 0 Å². The normalized spacial score (nSPS) is 21.8. The van der Waals surface area contributed by atoms with E-state index in [0.717, 1.165) is 0 Å². The molecule has 2 rings (SSSR count). The molecule has 1 heterocycles. The minimum atomic E-state index is -1.31. The van der Waals surface area contributed by atoms with E-state index >= 15 is 0 Å². The molecule has 1 aromatic carbocycles. The first kappa shape index (κ1) is 1.94. The molecule has 0 aliphatic carbocycles. The summed E-state index contributed by atoms with van der Waals surface area (Å²) >= 11 is 0. The Balaban J connectivity index is 2.70. The molecule has 0 fully saturated rings. The maximum atomic E-state index is 7.42. The van der Waals surface area contributed by atoms with Gasteiger partial charge in [-0.25, -0.2) is 0 Å². The highest BCUT2D eigenvalue weighted by molar-refractivity contribution is 6.22. The zero-order valence-corrected chi connectivity index (χ0v) is 4.39. The second kappa shape index (κ2) is 1.69. The van der Waals surface area contributed by atoms with Crippen LogP contribution in [0.2, 0.25) is 0 Å². The Morgan fingerprint density at radius 3 is 2.44 bits per heavy atom. The molecule has 2 nitrogen and oxygen atoms in total. The molecule has 0 atom stereocenters. The second-order valence-electron chi connectivity index (χ2n) is 1.49. The van der Waals surface area contributed by atoms with Crippen molar-refractivity contribution in [3.63, 3.8) is 0 Å². The molecule has 0 amide bonds. The van der Waals surface area contributed by atoms with Crippen LogP contribution in [-0.2, 0) is 0 Å². The maximum Gasteiger partial charge on any atom is 0.576 e. The first-order valence-electron chi connectivity index (χ1n) is 4.96. The fourth-order valence-electron chi connectivity index (χ4n) is 0.576. The highest BCUT2D eigenvalue weighted by atomic mass is 16.6. The lowest BCUT2D eigenvalue weighted by Crippen LogP contribution is -1.99. The van der Waals surface area contributed by atoms with Crippen molar-refractivity contribution in [1.82, 2.24) is 0 Å². The Morgan fingerprint density at radius 1 is 1.33 bits per heavy atom. The quantitative estimate of drug-likeness (QED) is 0.475. The summed E-state index contributed by atoms with van der Waals surface area (Å²) in [4.78, 5) is 0. The van der Waals surface area contributed by atoms with Crippen LogP contribution in [0.1, 0.15) is 5.48 Å². The number of fused-ring (bicyclic) bond motifs is 1. The Hall–Kier alpha value is -1.12. The van der Waals surface area contributed by atoms with Gasteiger partial charge in [-0.3, -0.25) is 0 Å². The Bertz CT molecular complexity index is 373. The lowest BCUT2D eigenvalue weighted by molar-refractivity contribution is 0.541. The van der Waals surface area contributed by atoms with E-state index in [0.29, 0.717) is 0 Å². The lowest BCUT2D eigenvalue weighted by Gasteiger charge is -1.92. The van der Waals surface area contributed by atoms with Gasteiger partial charge in [0.2, 0.25) is 0 Å². The van der Waals surface area contributed by atoms with Gasteiger partial charge >= 0.3 is 7.65 Å². The Morgan fingerprint density at radius 2 is 1.89 bits per heavy atom. The van der Waals surface area contributed by atoms with E-state index < -0.39 is 7.65 Å². The van der Waals surface area contributed by atoms with E-state index in [4.69, 9.17) is 16.1 Å². The Labute approximate surface area is 60.7 Å². The van der Waals surface area contributed by atoms with Gasteiger partial charge in [0.1, 0.15) is 11.5 Å². The van der Waals surface area contributed by atoms with Gasteiger partial charge in [0, 0.05) is 0 Å². The molecule has 9 heavy (non-hydrogen) atoms. The third-order valence-corrected chi connectivity index (χ3v) is 0.953. The van der Waals surface area contributed by atoms with Gasteiger partial charge in [-0.1, -0.05) is 12.1 Å². The number of hydrogen-bond acceptors (Lipinski definition) is 2. The van der Waals surface area contributed by atoms with Crippen molar-refractivity contribution in [2.45, 2.75) is 0 Å². The van der Waals surface area contributed by atoms with Crippen LogP contribution in [0.5, 0.6) is 11.5 Å². The van der Waals surface area contributed by atoms with Crippen molar-refractivity contribution in [3.8, 4) is 11.5 Å². The molecule has 1 aromatic rings. The standard InChI is InChI=1S/C6H5BO2/c1-2-4-6-5(3-1)8-7-9-6/h1-4,7H/i1D,2D,3D,4D,7D. The third-order valence-electron chi connectivity index (χ3n) is 0.953. The average molecular weight is 125 g/mol. The molecule has 44 valence electrons. The smallest absolute Gasteiger partial charge is 0.526 e. The van der Waals surface area contributed by atoms with Gasteiger partial charge < -0.3 is 9.31 Å². The molecular formula is C6H5BO2. The minimum absolute atomic E-state index is 0.0870. The van der Waals surface area contributed by atoms with Gasteiger partial charge in [-0.2, -0.15) is 0 Å². The Kier molecular flexibility index (Phi) is 0.364. The van der Waals surface area contributed by atoms with E-state index in [1.807, 2.05) is 0 Å². The summed E-state index contributed by atoms with van der Waals surface area (Å²) in [6.07, 6.45) is 0. The highest BCUT2D eigenvalue weighted by Gasteiger charge is 2.12. The minimum Gasteiger partial charge on any atom is -0.526 e. The number of hydrogen-bond donors (Lipinski definition) is 0.